The third-order valence-corrected chi connectivity index (χ3v) is 6.82. The fourth-order valence-electron chi connectivity index (χ4n) is 5.07. The fraction of sp³-hybridized carbons (Fsp3) is 0.379. The van der Waals surface area contributed by atoms with Crippen LogP contribution in [0.4, 0.5) is 0 Å². The second kappa shape index (κ2) is 11.5. The van der Waals surface area contributed by atoms with E-state index in [1.165, 1.54) is 0 Å². The van der Waals surface area contributed by atoms with Crippen LogP contribution < -0.4 is 14.8 Å². The van der Waals surface area contributed by atoms with Gasteiger partial charge in [0.05, 0.1) is 26.4 Å². The van der Waals surface area contributed by atoms with E-state index in [9.17, 15) is 14.7 Å². The molecule has 2 aromatic carbocycles. The number of rotatable bonds is 9. The highest BCUT2D eigenvalue weighted by Crippen LogP contribution is 2.46. The second-order valence-electron chi connectivity index (χ2n) is 9.06. The van der Waals surface area contributed by atoms with Crippen LogP contribution in [0, 0.1) is 0 Å². The van der Waals surface area contributed by atoms with E-state index in [0.29, 0.717) is 48.0 Å². The number of phenols is 1. The van der Waals surface area contributed by atoms with Crippen molar-refractivity contribution in [1.82, 2.24) is 5.32 Å². The summed E-state index contributed by atoms with van der Waals surface area (Å²) in [5.41, 5.74) is 4.09. The summed E-state index contributed by atoms with van der Waals surface area (Å²) in [4.78, 5) is 27.0. The Labute approximate surface area is 216 Å². The van der Waals surface area contributed by atoms with Gasteiger partial charge in [-0.3, -0.25) is 4.79 Å². The first-order chi connectivity index (χ1) is 17.9. The van der Waals surface area contributed by atoms with Crippen molar-refractivity contribution in [2.24, 2.45) is 0 Å². The summed E-state index contributed by atoms with van der Waals surface area (Å²) in [5.74, 6) is 0.142. The summed E-state index contributed by atoms with van der Waals surface area (Å²) in [7, 11) is 3.17. The lowest BCUT2D eigenvalue weighted by molar-refractivity contribution is -0.140. The first-order valence-corrected chi connectivity index (χ1v) is 12.4. The number of nitrogens with one attached hydrogen (secondary N) is 1. The molecule has 1 heterocycles. The molecule has 0 bridgehead atoms. The Morgan fingerprint density at radius 3 is 2.38 bits per heavy atom. The first kappa shape index (κ1) is 26.3. The van der Waals surface area contributed by atoms with Crippen LogP contribution in [0.15, 0.2) is 65.0 Å². The van der Waals surface area contributed by atoms with Crippen LogP contribution in [0.2, 0.25) is 0 Å². The Balaban J connectivity index is 1.70. The summed E-state index contributed by atoms with van der Waals surface area (Å²) in [6.45, 7) is 4.64. The van der Waals surface area contributed by atoms with Crippen molar-refractivity contribution in [2.45, 2.75) is 38.5 Å². The van der Waals surface area contributed by atoms with Crippen molar-refractivity contribution in [3.63, 3.8) is 0 Å². The number of hydrogen-bond acceptors (Lipinski definition) is 8. The molecule has 2 aromatic rings. The molecule has 0 amide bonds. The van der Waals surface area contributed by atoms with Gasteiger partial charge in [-0.2, -0.15) is 0 Å². The van der Waals surface area contributed by atoms with Gasteiger partial charge in [-0.1, -0.05) is 18.2 Å². The summed E-state index contributed by atoms with van der Waals surface area (Å²) in [6.07, 6.45) is 0.880. The molecule has 0 radical (unpaired) electrons. The number of aromatic hydroxyl groups is 1. The summed E-state index contributed by atoms with van der Waals surface area (Å²) in [5, 5.41) is 13.2. The molecule has 8 nitrogen and oxygen atoms in total. The maximum absolute atomic E-state index is 13.7. The van der Waals surface area contributed by atoms with Gasteiger partial charge in [0.2, 0.25) is 0 Å². The predicted octanol–water partition coefficient (Wildman–Crippen LogP) is 4.35. The number of benzene rings is 2. The van der Waals surface area contributed by atoms with Gasteiger partial charge in [-0.15, -0.1) is 0 Å². The molecule has 0 spiro atoms. The Morgan fingerprint density at radius 1 is 1.00 bits per heavy atom. The van der Waals surface area contributed by atoms with Crippen LogP contribution in [0.25, 0.3) is 0 Å². The number of Topliss-reactive ketones (excluding diaryl/α,β-unsaturated/α-hetero) is 1. The summed E-state index contributed by atoms with van der Waals surface area (Å²) < 4.78 is 21.6. The van der Waals surface area contributed by atoms with Gasteiger partial charge in [-0.25, -0.2) is 4.79 Å². The predicted molar refractivity (Wildman–Crippen MR) is 138 cm³/mol. The average Bonchev–Trinajstić information content (AvgIpc) is 2.90. The van der Waals surface area contributed by atoms with Crippen LogP contribution >= 0.6 is 0 Å². The first-order valence-electron chi connectivity index (χ1n) is 12.4. The van der Waals surface area contributed by atoms with Crippen molar-refractivity contribution >= 4 is 11.8 Å². The molecule has 2 N–H and O–H groups in total. The molecule has 196 valence electrons. The van der Waals surface area contributed by atoms with E-state index in [1.54, 1.807) is 38.5 Å². The molecule has 2 aliphatic rings. The number of hydrogen-bond donors (Lipinski definition) is 2. The van der Waals surface area contributed by atoms with Crippen LogP contribution in [0.1, 0.15) is 49.7 Å². The van der Waals surface area contributed by atoms with E-state index in [1.807, 2.05) is 32.0 Å². The number of allylic oxidation sites excluding steroid dienone is 3. The molecular weight excluding hydrogens is 474 g/mol. The molecular formula is C29H33NO7. The van der Waals surface area contributed by atoms with Gasteiger partial charge in [0.1, 0.15) is 12.4 Å². The third kappa shape index (κ3) is 5.49. The highest BCUT2D eigenvalue weighted by atomic mass is 16.6. The van der Waals surface area contributed by atoms with E-state index in [4.69, 9.17) is 18.9 Å². The third-order valence-electron chi connectivity index (χ3n) is 6.82. The van der Waals surface area contributed by atoms with Gasteiger partial charge >= 0.3 is 5.97 Å². The topological polar surface area (TPSA) is 103 Å². The van der Waals surface area contributed by atoms with E-state index < -0.39 is 11.9 Å². The molecule has 8 heteroatoms. The molecule has 2 atom stereocenters. The number of carbonyl (C=O) groups excluding carboxylic acids is 2. The molecule has 1 aliphatic heterocycles. The van der Waals surface area contributed by atoms with Crippen molar-refractivity contribution in [1.29, 1.82) is 0 Å². The van der Waals surface area contributed by atoms with E-state index in [-0.39, 0.29) is 30.5 Å². The highest BCUT2D eigenvalue weighted by molar-refractivity contribution is 6.04. The zero-order chi connectivity index (χ0) is 26.5. The number of carbonyl (C=O) groups is 2. The molecule has 1 aliphatic carbocycles. The van der Waals surface area contributed by atoms with E-state index in [2.05, 4.69) is 5.32 Å². The molecule has 0 saturated carbocycles. The Bertz CT molecular complexity index is 1230. The van der Waals surface area contributed by atoms with Crippen LogP contribution in [-0.4, -0.2) is 50.9 Å². The summed E-state index contributed by atoms with van der Waals surface area (Å²) in [6, 6.07) is 12.3. The zero-order valence-corrected chi connectivity index (χ0v) is 21.6. The Hall–Kier alpha value is -3.78. The molecule has 0 fully saturated rings. The zero-order valence-electron chi connectivity index (χ0n) is 21.6. The second-order valence-corrected chi connectivity index (χ2v) is 9.06. The van der Waals surface area contributed by atoms with Crippen molar-refractivity contribution < 1.29 is 33.6 Å². The lowest BCUT2D eigenvalue weighted by Crippen LogP contribution is -2.36. The van der Waals surface area contributed by atoms with Crippen LogP contribution in [-0.2, 0) is 19.1 Å². The Morgan fingerprint density at radius 2 is 1.70 bits per heavy atom. The number of esters is 1. The molecule has 0 unspecified atom stereocenters. The van der Waals surface area contributed by atoms with Gasteiger partial charge in [0.25, 0.3) is 0 Å². The molecule has 4 rings (SSSR count). The molecule has 0 saturated heterocycles. The highest BCUT2D eigenvalue weighted by Gasteiger charge is 2.41. The van der Waals surface area contributed by atoms with Gasteiger partial charge in [0.15, 0.2) is 17.3 Å². The lowest BCUT2D eigenvalue weighted by Gasteiger charge is -2.36. The van der Waals surface area contributed by atoms with Crippen molar-refractivity contribution in [3.05, 3.63) is 76.1 Å². The van der Waals surface area contributed by atoms with E-state index in [0.717, 1.165) is 16.8 Å². The number of ketones is 1. The average molecular weight is 508 g/mol. The van der Waals surface area contributed by atoms with E-state index >= 15 is 0 Å². The SMILES string of the molecule is CCOCCOC(=O)C1=C(C)NC2=C(C(=O)C[C@H](c3ccc(OC)c(OC)c3)C2)[C@@H]1c1ccc(O)cc1. The maximum atomic E-state index is 13.7. The number of methoxy groups -OCH3 is 2. The van der Waals surface area contributed by atoms with Gasteiger partial charge < -0.3 is 29.4 Å². The number of ether oxygens (including phenoxy) is 4. The van der Waals surface area contributed by atoms with Crippen molar-refractivity contribution in [3.8, 4) is 17.2 Å². The number of phenolic OH excluding ortho intramolecular Hbond substituents is 1. The minimum atomic E-state index is -0.602. The largest absolute Gasteiger partial charge is 0.508 e. The molecule has 37 heavy (non-hydrogen) atoms. The van der Waals surface area contributed by atoms with Gasteiger partial charge in [-0.05, 0) is 61.6 Å². The van der Waals surface area contributed by atoms with Crippen LogP contribution in [0.5, 0.6) is 17.2 Å². The van der Waals surface area contributed by atoms with Crippen molar-refractivity contribution in [2.75, 3.05) is 34.0 Å². The summed E-state index contributed by atoms with van der Waals surface area (Å²) >= 11 is 0. The minimum absolute atomic E-state index is 0.0428. The molecule has 0 aromatic heterocycles. The lowest BCUT2D eigenvalue weighted by atomic mass is 9.71. The normalized spacial score (nSPS) is 19.3. The fourth-order valence-corrected chi connectivity index (χ4v) is 5.07. The quantitative estimate of drug-likeness (QED) is 0.381. The standard InChI is InChI=1S/C29H33NO7/c1-5-36-12-13-37-29(33)26-17(2)30-22-14-20(19-8-11-24(34-3)25(16-19)35-4)15-23(32)28(22)27(26)18-6-9-21(31)10-7-18/h6-11,16,20,27,30-31H,5,12-15H2,1-4H3/t20-,27-/m1/s1. The number of dihydropyridines is 1. The minimum Gasteiger partial charge on any atom is -0.508 e. The Kier molecular flexibility index (Phi) is 8.18. The van der Waals surface area contributed by atoms with Crippen LogP contribution in [0.3, 0.4) is 0 Å². The monoisotopic (exact) mass is 507 g/mol. The smallest absolute Gasteiger partial charge is 0.336 e. The maximum Gasteiger partial charge on any atom is 0.336 e. The van der Waals surface area contributed by atoms with Gasteiger partial charge in [0, 0.05) is 35.9 Å².